The van der Waals surface area contributed by atoms with Crippen molar-refractivity contribution in [2.45, 2.75) is 16.8 Å². The van der Waals surface area contributed by atoms with E-state index in [1.165, 1.54) is 27.1 Å². The van der Waals surface area contributed by atoms with Gasteiger partial charge in [0.15, 0.2) is 5.11 Å². The molecule has 0 spiro atoms. The summed E-state index contributed by atoms with van der Waals surface area (Å²) < 4.78 is 1.41. The van der Waals surface area contributed by atoms with Crippen LogP contribution in [0.25, 0.3) is 11.7 Å². The number of nitrogens with zero attached hydrogens (tertiary/aromatic N) is 3. The van der Waals surface area contributed by atoms with Gasteiger partial charge in [0, 0.05) is 16.1 Å². The number of thiocarbonyl (C=S) groups is 1. The summed E-state index contributed by atoms with van der Waals surface area (Å²) in [6, 6.07) is 19.5. The summed E-state index contributed by atoms with van der Waals surface area (Å²) in [5, 5.41) is 3.33. The molecule has 0 aliphatic carbocycles. The topological polar surface area (TPSA) is 83.8 Å². The van der Waals surface area contributed by atoms with Crippen LogP contribution in [0.15, 0.2) is 93.2 Å². The van der Waals surface area contributed by atoms with E-state index in [1.54, 1.807) is 36.5 Å². The molecule has 5 rings (SSSR count). The molecular formula is C26H17ClN4O3S2. The zero-order chi connectivity index (χ0) is 25.4. The van der Waals surface area contributed by atoms with E-state index in [-0.39, 0.29) is 16.2 Å². The number of hydrogen-bond acceptors (Lipinski definition) is 6. The predicted molar refractivity (Wildman–Crippen MR) is 144 cm³/mol. The summed E-state index contributed by atoms with van der Waals surface area (Å²) in [5.41, 5.74) is 1.23. The summed E-state index contributed by atoms with van der Waals surface area (Å²) in [6.07, 6.45) is 2.96. The van der Waals surface area contributed by atoms with Crippen molar-refractivity contribution in [1.82, 2.24) is 14.7 Å². The van der Waals surface area contributed by atoms with Gasteiger partial charge in [-0.25, -0.2) is 4.98 Å². The fourth-order valence-corrected chi connectivity index (χ4v) is 4.99. The van der Waals surface area contributed by atoms with Crippen LogP contribution in [-0.4, -0.2) is 26.3 Å². The summed E-state index contributed by atoms with van der Waals surface area (Å²) in [6.45, 7) is 1.86. The Morgan fingerprint density at radius 2 is 1.72 bits per heavy atom. The molecule has 178 valence electrons. The minimum absolute atomic E-state index is 0.0626. The van der Waals surface area contributed by atoms with E-state index in [0.29, 0.717) is 21.4 Å². The zero-order valence-electron chi connectivity index (χ0n) is 18.8. The smallest absolute Gasteiger partial charge is 0.270 e. The molecule has 0 radical (unpaired) electrons. The summed E-state index contributed by atoms with van der Waals surface area (Å²) in [5.74, 6) is -1.35. The van der Waals surface area contributed by atoms with Gasteiger partial charge in [-0.05, 0) is 73.2 Å². The molecule has 7 nitrogen and oxygen atoms in total. The average molecular weight is 533 g/mol. The van der Waals surface area contributed by atoms with Gasteiger partial charge in [0.25, 0.3) is 17.4 Å². The van der Waals surface area contributed by atoms with Crippen molar-refractivity contribution < 1.29 is 9.59 Å². The van der Waals surface area contributed by atoms with Gasteiger partial charge in [0.2, 0.25) is 0 Å². The van der Waals surface area contributed by atoms with Crippen LogP contribution in [0.1, 0.15) is 11.1 Å². The van der Waals surface area contributed by atoms with Crippen LogP contribution in [0.5, 0.6) is 0 Å². The minimum atomic E-state index is -0.695. The Bertz CT molecular complexity index is 1630. The van der Waals surface area contributed by atoms with E-state index in [9.17, 15) is 14.4 Å². The lowest BCUT2D eigenvalue weighted by atomic mass is 10.1. The molecule has 1 fully saturated rings. The maximum atomic E-state index is 13.6. The second-order valence-corrected chi connectivity index (χ2v) is 9.81. The van der Waals surface area contributed by atoms with E-state index in [2.05, 4.69) is 10.3 Å². The van der Waals surface area contributed by atoms with Crippen LogP contribution in [0.4, 0.5) is 5.69 Å². The highest BCUT2D eigenvalue weighted by atomic mass is 35.5. The molecule has 36 heavy (non-hydrogen) atoms. The number of benzene rings is 2. The number of halogens is 1. The Balaban J connectivity index is 1.68. The Hall–Kier alpha value is -3.79. The third-order valence-electron chi connectivity index (χ3n) is 5.40. The van der Waals surface area contributed by atoms with Crippen molar-refractivity contribution in [3.05, 3.63) is 105 Å². The number of amides is 2. The molecule has 0 unspecified atom stereocenters. The van der Waals surface area contributed by atoms with Crippen LogP contribution in [0.2, 0.25) is 5.02 Å². The molecule has 2 amide bonds. The van der Waals surface area contributed by atoms with Gasteiger partial charge in [-0.1, -0.05) is 47.6 Å². The summed E-state index contributed by atoms with van der Waals surface area (Å²) in [4.78, 5) is 46.7. The Kier molecular flexibility index (Phi) is 6.44. The Morgan fingerprint density at radius 3 is 2.44 bits per heavy atom. The summed E-state index contributed by atoms with van der Waals surface area (Å²) >= 11 is 12.5. The number of nitrogens with one attached hydrogen (secondary N) is 1. The first-order valence-electron chi connectivity index (χ1n) is 10.7. The van der Waals surface area contributed by atoms with E-state index < -0.39 is 17.4 Å². The van der Waals surface area contributed by atoms with E-state index in [0.717, 1.165) is 10.5 Å². The standard InChI is InChI=1S/C26H17ClN4O3S2/c1-15-7-12-21-28-23(36-18-5-3-2-4-6-18)20(24(33)30(21)14-15)13-19-22(32)29-26(35)31(25(19)34)17-10-8-16(27)9-11-17/h2-14H,1H3,(H,29,32,35)/b19-13-. The lowest BCUT2D eigenvalue weighted by molar-refractivity contribution is -0.122. The van der Waals surface area contributed by atoms with E-state index in [1.807, 2.05) is 43.3 Å². The lowest BCUT2D eigenvalue weighted by Gasteiger charge is -2.29. The molecule has 1 N–H and O–H groups in total. The second kappa shape index (κ2) is 9.69. The fourth-order valence-electron chi connectivity index (χ4n) is 3.67. The first-order valence-corrected chi connectivity index (χ1v) is 12.3. The molecule has 2 aromatic heterocycles. The van der Waals surface area contributed by atoms with Gasteiger partial charge >= 0.3 is 0 Å². The van der Waals surface area contributed by atoms with Gasteiger partial charge in [0.05, 0.1) is 11.3 Å². The maximum Gasteiger partial charge on any atom is 0.270 e. The van der Waals surface area contributed by atoms with Crippen LogP contribution in [0, 0.1) is 6.92 Å². The lowest BCUT2D eigenvalue weighted by Crippen LogP contribution is -2.54. The van der Waals surface area contributed by atoms with Gasteiger partial charge in [-0.15, -0.1) is 0 Å². The third-order valence-corrected chi connectivity index (χ3v) is 6.95. The van der Waals surface area contributed by atoms with Crippen molar-refractivity contribution in [1.29, 1.82) is 0 Å². The molecule has 0 bridgehead atoms. The molecule has 3 heterocycles. The number of fused-ring (bicyclic) bond motifs is 1. The number of carbonyl (C=O) groups is 2. The van der Waals surface area contributed by atoms with Crippen LogP contribution >= 0.6 is 35.6 Å². The first kappa shape index (κ1) is 23.9. The van der Waals surface area contributed by atoms with Crippen molar-refractivity contribution in [3.8, 4) is 0 Å². The Morgan fingerprint density at radius 1 is 1.00 bits per heavy atom. The number of hydrogen-bond donors (Lipinski definition) is 1. The van der Waals surface area contributed by atoms with Gasteiger partial charge in [0.1, 0.15) is 16.2 Å². The number of aromatic nitrogens is 2. The molecule has 2 aromatic carbocycles. The first-order chi connectivity index (χ1) is 17.3. The third kappa shape index (κ3) is 4.56. The maximum absolute atomic E-state index is 13.6. The van der Waals surface area contributed by atoms with Crippen LogP contribution in [-0.2, 0) is 9.59 Å². The highest BCUT2D eigenvalue weighted by Crippen LogP contribution is 2.30. The van der Waals surface area contributed by atoms with Crippen molar-refractivity contribution in [3.63, 3.8) is 0 Å². The van der Waals surface area contributed by atoms with Gasteiger partial charge < -0.3 is 0 Å². The SMILES string of the molecule is Cc1ccc2nc(Sc3ccccc3)c(/C=C3/C(=O)NC(=S)N(c4ccc(Cl)cc4)C3=O)c(=O)n2c1. The molecule has 1 aliphatic rings. The number of aryl methyl sites for hydroxylation is 1. The van der Waals surface area contributed by atoms with Crippen LogP contribution in [0.3, 0.4) is 0 Å². The molecular weight excluding hydrogens is 516 g/mol. The molecule has 0 atom stereocenters. The van der Waals surface area contributed by atoms with Crippen LogP contribution < -0.4 is 15.8 Å². The largest absolute Gasteiger partial charge is 0.298 e. The molecule has 10 heteroatoms. The van der Waals surface area contributed by atoms with Gasteiger partial charge in [-0.2, -0.15) is 0 Å². The average Bonchev–Trinajstić information content (AvgIpc) is 2.85. The molecule has 0 saturated carbocycles. The zero-order valence-corrected chi connectivity index (χ0v) is 21.2. The normalized spacial score (nSPS) is 15.0. The predicted octanol–water partition coefficient (Wildman–Crippen LogP) is 4.64. The monoisotopic (exact) mass is 532 g/mol. The highest BCUT2D eigenvalue weighted by molar-refractivity contribution is 7.99. The number of pyridine rings is 1. The molecule has 1 aliphatic heterocycles. The fraction of sp³-hybridized carbons (Fsp3) is 0.0385. The van der Waals surface area contributed by atoms with Crippen molar-refractivity contribution in [2.75, 3.05) is 4.90 Å². The van der Waals surface area contributed by atoms with Gasteiger partial charge in [-0.3, -0.25) is 29.0 Å². The highest BCUT2D eigenvalue weighted by Gasteiger charge is 2.35. The number of rotatable bonds is 4. The van der Waals surface area contributed by atoms with E-state index >= 15 is 0 Å². The second-order valence-electron chi connectivity index (χ2n) is 7.92. The number of anilines is 1. The molecule has 4 aromatic rings. The van der Waals surface area contributed by atoms with Crippen molar-refractivity contribution in [2.24, 2.45) is 0 Å². The summed E-state index contributed by atoms with van der Waals surface area (Å²) in [7, 11) is 0. The van der Waals surface area contributed by atoms with E-state index in [4.69, 9.17) is 23.8 Å². The van der Waals surface area contributed by atoms with Crippen molar-refractivity contribution >= 4 is 69.9 Å². The molecule has 1 saturated heterocycles. The Labute approximate surface area is 220 Å². The minimum Gasteiger partial charge on any atom is -0.298 e. The number of carbonyl (C=O) groups excluding carboxylic acids is 2. The quantitative estimate of drug-likeness (QED) is 0.178.